The molecule has 0 radical (unpaired) electrons. The van der Waals surface area contributed by atoms with Crippen molar-refractivity contribution in [2.24, 2.45) is 5.92 Å². The first-order valence-corrected chi connectivity index (χ1v) is 21.1. The zero-order chi connectivity index (χ0) is 41.0. The van der Waals surface area contributed by atoms with Gasteiger partial charge >= 0.3 is 0 Å². The number of nitrogens with zero attached hydrogens (tertiary/aromatic N) is 1. The Morgan fingerprint density at radius 2 is 1.20 bits per heavy atom. The van der Waals surface area contributed by atoms with E-state index in [-0.39, 0.29) is 0 Å². The van der Waals surface area contributed by atoms with Gasteiger partial charge in [0.2, 0.25) is 0 Å². The second-order valence-electron chi connectivity index (χ2n) is 15.6. The Morgan fingerprint density at radius 1 is 0.610 bits per heavy atom. The highest BCUT2D eigenvalue weighted by atomic mass is 15.0. The number of para-hydroxylation sites is 2. The molecule has 7 aromatic carbocycles. The molecular formula is C58H53N. The molecular weight excluding hydrogens is 711 g/mol. The van der Waals surface area contributed by atoms with E-state index in [0.717, 1.165) is 12.0 Å². The van der Waals surface area contributed by atoms with Crippen molar-refractivity contribution in [1.82, 2.24) is 4.57 Å². The second kappa shape index (κ2) is 17.0. The number of fused-ring (bicyclic) bond motifs is 3. The minimum absolute atomic E-state index is 0.603. The maximum Gasteiger partial charge on any atom is 0.0541 e. The smallest absolute Gasteiger partial charge is 0.0541 e. The highest BCUT2D eigenvalue weighted by molar-refractivity contribution is 6.25. The van der Waals surface area contributed by atoms with Crippen LogP contribution < -0.4 is 0 Å². The van der Waals surface area contributed by atoms with Gasteiger partial charge in [-0.25, -0.2) is 0 Å². The molecule has 0 spiro atoms. The summed E-state index contributed by atoms with van der Waals surface area (Å²) in [6.45, 7) is 17.3. The molecule has 10 rings (SSSR count). The largest absolute Gasteiger partial charge is 0.309 e. The molecule has 0 saturated heterocycles. The first kappa shape index (κ1) is 39.1. The lowest BCUT2D eigenvalue weighted by molar-refractivity contribution is 0.732. The van der Waals surface area contributed by atoms with Crippen molar-refractivity contribution >= 4 is 49.3 Å². The molecule has 1 atom stereocenters. The van der Waals surface area contributed by atoms with Gasteiger partial charge in [-0.15, -0.1) is 0 Å². The van der Waals surface area contributed by atoms with Crippen LogP contribution in [0.1, 0.15) is 61.9 Å². The van der Waals surface area contributed by atoms with Crippen molar-refractivity contribution in [3.8, 4) is 16.8 Å². The number of rotatable bonds is 6. The zero-order valence-electron chi connectivity index (χ0n) is 35.3. The van der Waals surface area contributed by atoms with Gasteiger partial charge in [-0.1, -0.05) is 179 Å². The van der Waals surface area contributed by atoms with Crippen molar-refractivity contribution < 1.29 is 0 Å². The van der Waals surface area contributed by atoms with E-state index in [1.54, 1.807) is 0 Å². The molecule has 290 valence electrons. The maximum absolute atomic E-state index is 4.44. The molecule has 59 heavy (non-hydrogen) atoms. The summed E-state index contributed by atoms with van der Waals surface area (Å²) in [4.78, 5) is 0. The lowest BCUT2D eigenvalue weighted by Crippen LogP contribution is -1.97. The molecule has 2 aliphatic rings. The Hall–Kier alpha value is -6.70. The third kappa shape index (κ3) is 7.46. The Kier molecular flexibility index (Phi) is 11.3. The number of hydrogen-bond donors (Lipinski definition) is 0. The van der Waals surface area contributed by atoms with E-state index in [1.165, 1.54) is 99.5 Å². The average Bonchev–Trinajstić information content (AvgIpc) is 3.77. The van der Waals surface area contributed by atoms with E-state index in [0.29, 0.717) is 5.92 Å². The van der Waals surface area contributed by atoms with Crippen LogP contribution in [0.4, 0.5) is 0 Å². The predicted molar refractivity (Wildman–Crippen MR) is 258 cm³/mol. The molecule has 1 nitrogen and oxygen atoms in total. The summed E-state index contributed by atoms with van der Waals surface area (Å²) in [5, 5.41) is 5.26. The van der Waals surface area contributed by atoms with Crippen molar-refractivity contribution in [3.05, 3.63) is 228 Å². The van der Waals surface area contributed by atoms with Crippen molar-refractivity contribution in [2.45, 2.75) is 48.0 Å². The Morgan fingerprint density at radius 3 is 1.86 bits per heavy atom. The van der Waals surface area contributed by atoms with Gasteiger partial charge in [-0.3, -0.25) is 0 Å². The SMILES string of the molecule is C=C(/C=C(\C1=C(C)c2cccc3cccc1c23)c1ccccc1)C1=CCC(C)C=C1.CC.Cc1ccccc1-c1cc(-n2c3ccccc3c3ccccc32)ccc1C. The van der Waals surface area contributed by atoms with E-state index in [4.69, 9.17) is 0 Å². The van der Waals surface area contributed by atoms with Crippen LogP contribution >= 0.6 is 0 Å². The Bertz CT molecular complexity index is 2920. The standard InChI is InChI=1S/C30H26.C26H21N.C2H6/c1-20-15-17-23(18-16-20)21(2)19-28(24-9-5-4-6-10-24)29-22(3)26-13-7-11-25-12-8-14-27(29)30(25)26;1-18-9-3-4-10-21(18)24-17-20(16-15-19(24)2)27-25-13-7-5-11-22(25)23-12-6-8-14-26(23)27;1-2/h4-15,17-20H,2,16H2,1,3H3;3-17H,1-2H3;1-2H3/b28-19-;;. The van der Waals surface area contributed by atoms with Crippen LogP contribution in [0.5, 0.6) is 0 Å². The van der Waals surface area contributed by atoms with Crippen molar-refractivity contribution in [1.29, 1.82) is 0 Å². The van der Waals surface area contributed by atoms with Crippen LogP contribution in [0.2, 0.25) is 0 Å². The summed E-state index contributed by atoms with van der Waals surface area (Å²) in [6, 6.07) is 56.7. The lowest BCUT2D eigenvalue weighted by Gasteiger charge is -2.16. The first-order chi connectivity index (χ1) is 28.9. The zero-order valence-corrected chi connectivity index (χ0v) is 35.3. The van der Waals surface area contributed by atoms with Crippen LogP contribution in [-0.2, 0) is 0 Å². The van der Waals surface area contributed by atoms with Gasteiger partial charge in [0.15, 0.2) is 0 Å². The van der Waals surface area contributed by atoms with Crippen LogP contribution in [0, 0.1) is 19.8 Å². The van der Waals surface area contributed by atoms with Gasteiger partial charge < -0.3 is 4.57 Å². The first-order valence-electron chi connectivity index (χ1n) is 21.1. The summed E-state index contributed by atoms with van der Waals surface area (Å²) < 4.78 is 2.38. The highest BCUT2D eigenvalue weighted by Gasteiger charge is 2.25. The molecule has 0 amide bonds. The monoisotopic (exact) mass is 763 g/mol. The summed E-state index contributed by atoms with van der Waals surface area (Å²) in [5.41, 5.74) is 19.0. The quantitative estimate of drug-likeness (QED) is 0.149. The van der Waals surface area contributed by atoms with E-state index >= 15 is 0 Å². The topological polar surface area (TPSA) is 4.93 Å². The number of hydrogen-bond acceptors (Lipinski definition) is 0. The third-order valence-electron chi connectivity index (χ3n) is 11.8. The molecule has 8 aromatic rings. The second-order valence-corrected chi connectivity index (χ2v) is 15.6. The van der Waals surface area contributed by atoms with Crippen LogP contribution in [0.3, 0.4) is 0 Å². The molecule has 0 aliphatic heterocycles. The van der Waals surface area contributed by atoms with Crippen LogP contribution in [0.15, 0.2) is 200 Å². The molecule has 0 bridgehead atoms. The molecule has 0 saturated carbocycles. The molecule has 1 heterocycles. The summed E-state index contributed by atoms with van der Waals surface area (Å²) in [6.07, 6.45) is 10.2. The minimum atomic E-state index is 0.603. The van der Waals surface area contributed by atoms with Gasteiger partial charge in [0.25, 0.3) is 0 Å². The predicted octanol–water partition coefficient (Wildman–Crippen LogP) is 16.3. The molecule has 2 aliphatic carbocycles. The normalized spacial score (nSPS) is 14.5. The highest BCUT2D eigenvalue weighted by Crippen LogP contribution is 2.48. The summed E-state index contributed by atoms with van der Waals surface area (Å²) in [7, 11) is 0. The number of aromatic nitrogens is 1. The van der Waals surface area contributed by atoms with E-state index in [9.17, 15) is 0 Å². The fraction of sp³-hybridized carbons (Fsp3) is 0.138. The number of aryl methyl sites for hydroxylation is 2. The Labute approximate surface area is 350 Å². The van der Waals surface area contributed by atoms with E-state index in [1.807, 2.05) is 13.8 Å². The number of benzene rings is 7. The maximum atomic E-state index is 4.44. The van der Waals surface area contributed by atoms with E-state index < -0.39 is 0 Å². The van der Waals surface area contributed by atoms with Gasteiger partial charge in [-0.05, 0) is 141 Å². The van der Waals surface area contributed by atoms with Gasteiger partial charge in [0.1, 0.15) is 0 Å². The molecule has 1 unspecified atom stereocenters. The van der Waals surface area contributed by atoms with Crippen LogP contribution in [-0.4, -0.2) is 4.57 Å². The fourth-order valence-electron chi connectivity index (χ4n) is 8.80. The van der Waals surface area contributed by atoms with Crippen molar-refractivity contribution in [3.63, 3.8) is 0 Å². The van der Waals surface area contributed by atoms with Gasteiger partial charge in [-0.2, -0.15) is 0 Å². The summed E-state index contributed by atoms with van der Waals surface area (Å²) in [5.74, 6) is 0.603. The van der Waals surface area contributed by atoms with Crippen LogP contribution in [0.25, 0.3) is 66.1 Å². The van der Waals surface area contributed by atoms with Gasteiger partial charge in [0.05, 0.1) is 11.0 Å². The van der Waals surface area contributed by atoms with E-state index in [2.05, 4.69) is 221 Å². The summed E-state index contributed by atoms with van der Waals surface area (Å²) >= 11 is 0. The fourth-order valence-corrected chi connectivity index (χ4v) is 8.80. The molecule has 0 N–H and O–H groups in total. The minimum Gasteiger partial charge on any atom is -0.309 e. The third-order valence-corrected chi connectivity index (χ3v) is 11.8. The molecule has 0 fully saturated rings. The average molecular weight is 764 g/mol. The Balaban J connectivity index is 0.000000158. The lowest BCUT2D eigenvalue weighted by atomic mass is 9.88. The molecule has 1 heteroatoms. The number of allylic oxidation sites excluding steroid dienone is 9. The molecule has 1 aromatic heterocycles. The van der Waals surface area contributed by atoms with Gasteiger partial charge in [0, 0.05) is 16.5 Å². The van der Waals surface area contributed by atoms with Crippen molar-refractivity contribution in [2.75, 3.05) is 0 Å².